The number of unbranched alkanes of at least 4 members (excludes halogenated alkanes) is 3. The number of aryl methyl sites for hydroxylation is 1. The van der Waals surface area contributed by atoms with Crippen LogP contribution in [0.1, 0.15) is 37.7 Å². The van der Waals surface area contributed by atoms with Crippen molar-refractivity contribution < 1.29 is 20.1 Å². The van der Waals surface area contributed by atoms with Gasteiger partial charge in [0.2, 0.25) is 0 Å². The number of fused-ring (bicyclic) bond motifs is 2. The number of nitrogens with one attached hydrogen (secondary N) is 2. The summed E-state index contributed by atoms with van der Waals surface area (Å²) in [4.78, 5) is 47.3. The molecular weight excluding hydrogens is 418 g/mol. The number of aliphatic carboxylic acids is 1. The Morgan fingerprint density at radius 1 is 1.16 bits per heavy atom. The molecule has 11 nitrogen and oxygen atoms in total. The normalized spacial score (nSPS) is 12.3. The molecule has 1 atom stereocenters. The lowest BCUT2D eigenvalue weighted by atomic mass is 10.1. The highest BCUT2D eigenvalue weighted by Gasteiger charge is 2.13. The van der Waals surface area contributed by atoms with Gasteiger partial charge in [0.15, 0.2) is 11.2 Å². The van der Waals surface area contributed by atoms with E-state index in [1.54, 1.807) is 12.1 Å². The number of nitrogens with zero attached hydrogens (tertiary/aromatic N) is 3. The Labute approximate surface area is 182 Å². The zero-order valence-corrected chi connectivity index (χ0v) is 17.8. The van der Waals surface area contributed by atoms with Gasteiger partial charge < -0.3 is 20.6 Å². The molecule has 5 N–H and O–H groups in total. The molecule has 0 aliphatic heterocycles. The van der Waals surface area contributed by atoms with Crippen LogP contribution in [0.5, 0.6) is 0 Å². The first-order chi connectivity index (χ1) is 15.3. The maximum absolute atomic E-state index is 12.9. The minimum absolute atomic E-state index is 0.0683. The Morgan fingerprint density at radius 2 is 1.88 bits per heavy atom. The number of aromatic amines is 1. The Hall–Kier alpha value is -3.31. The van der Waals surface area contributed by atoms with Crippen LogP contribution in [0.4, 0.5) is 5.69 Å². The Kier molecular flexibility index (Phi) is 7.54. The predicted octanol–water partition coefficient (Wildman–Crippen LogP) is 0.742. The van der Waals surface area contributed by atoms with Crippen LogP contribution in [0.3, 0.4) is 0 Å². The van der Waals surface area contributed by atoms with Crippen LogP contribution in [-0.4, -0.2) is 60.1 Å². The second-order valence-corrected chi connectivity index (χ2v) is 7.74. The van der Waals surface area contributed by atoms with Crippen molar-refractivity contribution in [1.29, 1.82) is 0 Å². The highest BCUT2D eigenvalue weighted by atomic mass is 16.4. The van der Waals surface area contributed by atoms with Gasteiger partial charge in [-0.3, -0.25) is 19.1 Å². The van der Waals surface area contributed by atoms with Crippen LogP contribution >= 0.6 is 0 Å². The quantitative estimate of drug-likeness (QED) is 0.211. The average Bonchev–Trinajstić information content (AvgIpc) is 2.75. The van der Waals surface area contributed by atoms with Crippen LogP contribution in [-0.2, 0) is 11.3 Å². The minimum Gasteiger partial charge on any atom is -0.481 e. The number of aliphatic hydroxyl groups excluding tert-OH is 2. The number of aliphatic hydroxyl groups is 2. The number of aromatic nitrogens is 4. The molecule has 0 radical (unpaired) electrons. The molecular formula is C21H27N5O6. The van der Waals surface area contributed by atoms with Crippen LogP contribution in [0.25, 0.3) is 22.2 Å². The Morgan fingerprint density at radius 3 is 2.59 bits per heavy atom. The average molecular weight is 445 g/mol. The van der Waals surface area contributed by atoms with Gasteiger partial charge in [-0.15, -0.1) is 0 Å². The molecule has 3 rings (SSSR count). The van der Waals surface area contributed by atoms with Gasteiger partial charge in [0, 0.05) is 25.2 Å². The lowest BCUT2D eigenvalue weighted by Crippen LogP contribution is -2.35. The van der Waals surface area contributed by atoms with Crippen molar-refractivity contribution in [3.05, 3.63) is 38.5 Å². The third-order valence-corrected chi connectivity index (χ3v) is 5.19. The maximum atomic E-state index is 12.9. The zero-order valence-electron chi connectivity index (χ0n) is 17.8. The van der Waals surface area contributed by atoms with Gasteiger partial charge in [0.05, 0.1) is 23.7 Å². The SMILES string of the molecule is Cc1cc2nc3c(=O)n(CCCCCCC(=O)O)c(=O)[nH]c3nc2cc1NCC(O)CO. The summed E-state index contributed by atoms with van der Waals surface area (Å²) in [6, 6.07) is 3.47. The standard InChI is InChI=1S/C21H27N5O6/c1-12-8-15-16(9-14(12)22-10-13(28)11-27)24-19-18(23-15)20(31)26(21(32)25-19)7-5-3-2-4-6-17(29)30/h8-9,13,22,27-28H,2-7,10-11H2,1H3,(H,29,30)(H,24,25,32). The van der Waals surface area contributed by atoms with Crippen LogP contribution < -0.4 is 16.6 Å². The zero-order chi connectivity index (χ0) is 23.3. The molecule has 2 heterocycles. The van der Waals surface area contributed by atoms with Crippen LogP contribution in [0.2, 0.25) is 0 Å². The largest absolute Gasteiger partial charge is 0.481 e. The number of anilines is 1. The van der Waals surface area contributed by atoms with Gasteiger partial charge in [0.1, 0.15) is 0 Å². The van der Waals surface area contributed by atoms with E-state index in [9.17, 15) is 19.5 Å². The van der Waals surface area contributed by atoms with Gasteiger partial charge in [-0.1, -0.05) is 12.8 Å². The van der Waals surface area contributed by atoms with Gasteiger partial charge >= 0.3 is 11.7 Å². The lowest BCUT2D eigenvalue weighted by Gasteiger charge is -2.13. The second kappa shape index (κ2) is 10.3. The molecule has 1 unspecified atom stereocenters. The molecule has 0 amide bonds. The van der Waals surface area contributed by atoms with E-state index < -0.39 is 23.3 Å². The van der Waals surface area contributed by atoms with Gasteiger partial charge in [-0.25, -0.2) is 14.8 Å². The third kappa shape index (κ3) is 5.48. The highest BCUT2D eigenvalue weighted by molar-refractivity contribution is 5.87. The number of carboxylic acids is 1. The Bertz CT molecular complexity index is 1240. The van der Waals surface area contributed by atoms with Crippen molar-refractivity contribution in [3.63, 3.8) is 0 Å². The molecule has 11 heteroatoms. The van der Waals surface area contributed by atoms with E-state index in [-0.39, 0.29) is 37.3 Å². The predicted molar refractivity (Wildman–Crippen MR) is 119 cm³/mol. The molecule has 32 heavy (non-hydrogen) atoms. The molecule has 2 aromatic heterocycles. The molecule has 0 bridgehead atoms. The summed E-state index contributed by atoms with van der Waals surface area (Å²) < 4.78 is 1.10. The number of carbonyl (C=O) groups is 1. The first-order valence-electron chi connectivity index (χ1n) is 10.5. The molecule has 0 aliphatic rings. The van der Waals surface area contributed by atoms with Crippen molar-refractivity contribution in [2.45, 2.75) is 51.7 Å². The number of hydrogen-bond acceptors (Lipinski definition) is 8. The first kappa shape index (κ1) is 23.4. The fourth-order valence-electron chi connectivity index (χ4n) is 3.42. The van der Waals surface area contributed by atoms with Crippen molar-refractivity contribution in [2.75, 3.05) is 18.5 Å². The van der Waals surface area contributed by atoms with Crippen molar-refractivity contribution >= 4 is 33.9 Å². The summed E-state index contributed by atoms with van der Waals surface area (Å²) in [5.41, 5.74) is 1.55. The summed E-state index contributed by atoms with van der Waals surface area (Å²) in [7, 11) is 0. The Balaban J connectivity index is 1.84. The maximum Gasteiger partial charge on any atom is 0.330 e. The second-order valence-electron chi connectivity index (χ2n) is 7.74. The lowest BCUT2D eigenvalue weighted by molar-refractivity contribution is -0.137. The highest BCUT2D eigenvalue weighted by Crippen LogP contribution is 2.22. The molecule has 172 valence electrons. The topological polar surface area (TPSA) is 170 Å². The fourth-order valence-corrected chi connectivity index (χ4v) is 3.42. The molecule has 0 saturated heterocycles. The monoisotopic (exact) mass is 445 g/mol. The van der Waals surface area contributed by atoms with Gasteiger partial charge in [-0.05, 0) is 37.5 Å². The number of carboxylic acid groups (broad SMARTS) is 1. The van der Waals surface area contributed by atoms with Gasteiger partial charge in [-0.2, -0.15) is 0 Å². The third-order valence-electron chi connectivity index (χ3n) is 5.19. The summed E-state index contributed by atoms with van der Waals surface area (Å²) in [5, 5.41) is 30.2. The fraction of sp³-hybridized carbons (Fsp3) is 0.476. The number of hydrogen-bond donors (Lipinski definition) is 5. The number of rotatable bonds is 11. The summed E-state index contributed by atoms with van der Waals surface area (Å²) >= 11 is 0. The smallest absolute Gasteiger partial charge is 0.330 e. The summed E-state index contributed by atoms with van der Waals surface area (Å²) in [5.74, 6) is -0.834. The molecule has 0 saturated carbocycles. The molecule has 0 fully saturated rings. The van der Waals surface area contributed by atoms with Crippen LogP contribution in [0, 0.1) is 6.92 Å². The van der Waals surface area contributed by atoms with E-state index in [1.807, 2.05) is 6.92 Å². The molecule has 1 aromatic carbocycles. The van der Waals surface area contributed by atoms with Crippen LogP contribution in [0.15, 0.2) is 21.7 Å². The van der Waals surface area contributed by atoms with Crippen molar-refractivity contribution in [2.24, 2.45) is 0 Å². The molecule has 0 aliphatic carbocycles. The van der Waals surface area contributed by atoms with E-state index in [0.29, 0.717) is 42.4 Å². The summed E-state index contributed by atoms with van der Waals surface area (Å²) in [6.07, 6.45) is 1.76. The van der Waals surface area contributed by atoms with E-state index in [2.05, 4.69) is 20.3 Å². The van der Waals surface area contributed by atoms with Gasteiger partial charge in [0.25, 0.3) is 5.56 Å². The molecule has 0 spiro atoms. The van der Waals surface area contributed by atoms with E-state index >= 15 is 0 Å². The van der Waals surface area contributed by atoms with E-state index in [0.717, 1.165) is 10.1 Å². The molecule has 3 aromatic rings. The number of H-pyrrole nitrogens is 1. The van der Waals surface area contributed by atoms with Crippen molar-refractivity contribution in [1.82, 2.24) is 19.5 Å². The van der Waals surface area contributed by atoms with Crippen molar-refractivity contribution in [3.8, 4) is 0 Å². The first-order valence-corrected chi connectivity index (χ1v) is 10.5. The summed E-state index contributed by atoms with van der Waals surface area (Å²) in [6.45, 7) is 1.85. The number of benzene rings is 1. The van der Waals surface area contributed by atoms with E-state index in [4.69, 9.17) is 10.2 Å². The minimum atomic E-state index is -0.903. The van der Waals surface area contributed by atoms with E-state index in [1.165, 1.54) is 0 Å².